The highest BCUT2D eigenvalue weighted by molar-refractivity contribution is 9.10. The second-order valence-electron chi connectivity index (χ2n) is 8.70. The zero-order valence-electron chi connectivity index (χ0n) is 17.9. The van der Waals surface area contributed by atoms with E-state index in [1.165, 1.54) is 0 Å². The van der Waals surface area contributed by atoms with E-state index in [4.69, 9.17) is 32.7 Å². The third-order valence-electron chi connectivity index (χ3n) is 4.71. The summed E-state index contributed by atoms with van der Waals surface area (Å²) in [6.45, 7) is 8.95. The molecule has 5 nitrogen and oxygen atoms in total. The quantitative estimate of drug-likeness (QED) is 0.457. The third kappa shape index (κ3) is 7.56. The van der Waals surface area contributed by atoms with Gasteiger partial charge in [0.2, 0.25) is 0 Å². The molecule has 0 radical (unpaired) electrons. The summed E-state index contributed by atoms with van der Waals surface area (Å²) in [5, 5.41) is 4.74. The number of carbonyl (C=O) groups is 1. The minimum absolute atomic E-state index is 0.243. The number of rotatable bonds is 7. The second kappa shape index (κ2) is 10.4. The molecule has 0 spiro atoms. The molecular formula is C23H27BrCl2N2O3. The molecule has 2 aromatic rings. The Morgan fingerprint density at radius 1 is 1.16 bits per heavy atom. The molecule has 1 aliphatic rings. The van der Waals surface area contributed by atoms with Crippen LogP contribution in [-0.2, 0) is 17.9 Å². The molecule has 1 saturated heterocycles. The number of ether oxygens (including phenoxy) is 2. The van der Waals surface area contributed by atoms with Crippen molar-refractivity contribution in [1.29, 1.82) is 0 Å². The maximum atomic E-state index is 12.0. The standard InChI is InChI=1S/C23H27BrCl2N2O3/c1-23(2,3)31-22(29)28-12-16(13-28)11-27-10-15-6-19(26)8-20(7-15)30-14-17-4-5-18(25)9-21(17)24/h4-9,16,27H,10-14H2,1-3H3. The van der Waals surface area contributed by atoms with Gasteiger partial charge in [0.15, 0.2) is 0 Å². The Kier molecular flexibility index (Phi) is 8.14. The number of amides is 1. The van der Waals surface area contributed by atoms with Crippen molar-refractivity contribution in [1.82, 2.24) is 10.2 Å². The number of hydrogen-bond acceptors (Lipinski definition) is 4. The van der Waals surface area contributed by atoms with E-state index in [0.717, 1.165) is 22.1 Å². The highest BCUT2D eigenvalue weighted by Crippen LogP contribution is 2.26. The first kappa shape index (κ1) is 24.2. The third-order valence-corrected chi connectivity index (χ3v) is 5.90. The Labute approximate surface area is 202 Å². The van der Waals surface area contributed by atoms with Gasteiger partial charge in [0, 0.05) is 52.2 Å². The van der Waals surface area contributed by atoms with E-state index in [2.05, 4.69) is 21.2 Å². The van der Waals surface area contributed by atoms with Crippen LogP contribution in [0.2, 0.25) is 10.0 Å². The van der Waals surface area contributed by atoms with Crippen LogP contribution >= 0.6 is 39.1 Å². The summed E-state index contributed by atoms with van der Waals surface area (Å²) in [6, 6.07) is 11.3. The van der Waals surface area contributed by atoms with Crippen LogP contribution in [0.5, 0.6) is 5.75 Å². The van der Waals surface area contributed by atoms with Gasteiger partial charge in [-0.05, 0) is 56.7 Å². The Morgan fingerprint density at radius 3 is 2.58 bits per heavy atom. The number of likely N-dealkylation sites (tertiary alicyclic amines) is 1. The van der Waals surface area contributed by atoms with Gasteiger partial charge in [-0.15, -0.1) is 0 Å². The molecule has 3 rings (SSSR count). The van der Waals surface area contributed by atoms with Crippen molar-refractivity contribution in [3.63, 3.8) is 0 Å². The molecular weight excluding hydrogens is 503 g/mol. The average molecular weight is 530 g/mol. The van der Waals surface area contributed by atoms with Gasteiger partial charge >= 0.3 is 6.09 Å². The predicted molar refractivity (Wildman–Crippen MR) is 128 cm³/mol. The first-order chi connectivity index (χ1) is 14.6. The molecule has 0 unspecified atom stereocenters. The van der Waals surface area contributed by atoms with E-state index in [1.807, 2.05) is 51.1 Å². The van der Waals surface area contributed by atoms with Crippen molar-refractivity contribution < 1.29 is 14.3 Å². The highest BCUT2D eigenvalue weighted by atomic mass is 79.9. The van der Waals surface area contributed by atoms with Crippen LogP contribution < -0.4 is 10.1 Å². The summed E-state index contributed by atoms with van der Waals surface area (Å²) in [5.41, 5.74) is 1.58. The predicted octanol–water partition coefficient (Wildman–Crippen LogP) is 6.29. The van der Waals surface area contributed by atoms with Crippen LogP contribution in [0.4, 0.5) is 4.79 Å². The minimum Gasteiger partial charge on any atom is -0.489 e. The molecule has 31 heavy (non-hydrogen) atoms. The summed E-state index contributed by atoms with van der Waals surface area (Å²) in [4.78, 5) is 13.7. The largest absolute Gasteiger partial charge is 0.489 e. The van der Waals surface area contributed by atoms with Crippen LogP contribution in [0, 0.1) is 5.92 Å². The lowest BCUT2D eigenvalue weighted by Crippen LogP contribution is -2.54. The SMILES string of the molecule is CC(C)(C)OC(=O)N1CC(CNCc2cc(Cl)cc(OCc3ccc(Cl)cc3Br)c2)C1. The molecule has 168 valence electrons. The van der Waals surface area contributed by atoms with Crippen molar-refractivity contribution in [3.8, 4) is 5.75 Å². The van der Waals surface area contributed by atoms with Gasteiger partial charge in [-0.1, -0.05) is 45.2 Å². The molecule has 0 bridgehead atoms. The fourth-order valence-corrected chi connectivity index (χ4v) is 4.25. The van der Waals surface area contributed by atoms with E-state index in [-0.39, 0.29) is 6.09 Å². The maximum absolute atomic E-state index is 12.0. The molecule has 1 heterocycles. The lowest BCUT2D eigenvalue weighted by atomic mass is 10.0. The summed E-state index contributed by atoms with van der Waals surface area (Å²) in [7, 11) is 0. The molecule has 2 aromatic carbocycles. The van der Waals surface area contributed by atoms with Crippen molar-refractivity contribution >= 4 is 45.2 Å². The summed E-state index contributed by atoms with van der Waals surface area (Å²) >= 11 is 15.8. The van der Waals surface area contributed by atoms with Crippen molar-refractivity contribution in [2.45, 2.75) is 39.5 Å². The maximum Gasteiger partial charge on any atom is 0.410 e. The van der Waals surface area contributed by atoms with Crippen LogP contribution in [0.1, 0.15) is 31.9 Å². The zero-order valence-corrected chi connectivity index (χ0v) is 21.0. The first-order valence-corrected chi connectivity index (χ1v) is 11.7. The van der Waals surface area contributed by atoms with E-state index in [1.54, 1.807) is 11.0 Å². The molecule has 1 N–H and O–H groups in total. The van der Waals surface area contributed by atoms with E-state index in [0.29, 0.717) is 48.0 Å². The number of carbonyl (C=O) groups excluding carboxylic acids is 1. The first-order valence-electron chi connectivity index (χ1n) is 10.1. The van der Waals surface area contributed by atoms with Gasteiger partial charge in [0.25, 0.3) is 0 Å². The molecule has 0 aliphatic carbocycles. The Morgan fingerprint density at radius 2 is 1.90 bits per heavy atom. The van der Waals surface area contributed by atoms with Gasteiger partial charge in [0.1, 0.15) is 18.0 Å². The molecule has 1 amide bonds. The molecule has 1 aliphatic heterocycles. The van der Waals surface area contributed by atoms with Gasteiger partial charge in [-0.2, -0.15) is 0 Å². The van der Waals surface area contributed by atoms with Crippen LogP contribution in [-0.4, -0.2) is 36.2 Å². The average Bonchev–Trinajstić information content (AvgIpc) is 2.61. The van der Waals surface area contributed by atoms with E-state index >= 15 is 0 Å². The Balaban J connectivity index is 1.44. The molecule has 1 fully saturated rings. The molecule has 0 atom stereocenters. The zero-order chi connectivity index (χ0) is 22.6. The van der Waals surface area contributed by atoms with Crippen LogP contribution in [0.25, 0.3) is 0 Å². The Hall–Kier alpha value is -1.47. The summed E-state index contributed by atoms with van der Waals surface area (Å²) < 4.78 is 12.2. The lowest BCUT2D eigenvalue weighted by molar-refractivity contribution is -0.000802. The van der Waals surface area contributed by atoms with E-state index in [9.17, 15) is 4.79 Å². The number of halogens is 3. The van der Waals surface area contributed by atoms with Crippen LogP contribution in [0.3, 0.4) is 0 Å². The Bertz CT molecular complexity index is 928. The number of benzene rings is 2. The van der Waals surface area contributed by atoms with Crippen molar-refractivity contribution in [2.75, 3.05) is 19.6 Å². The van der Waals surface area contributed by atoms with Crippen LogP contribution in [0.15, 0.2) is 40.9 Å². The van der Waals surface area contributed by atoms with Gasteiger partial charge < -0.3 is 19.7 Å². The topological polar surface area (TPSA) is 50.8 Å². The highest BCUT2D eigenvalue weighted by Gasteiger charge is 2.33. The number of nitrogens with zero attached hydrogens (tertiary/aromatic N) is 1. The van der Waals surface area contributed by atoms with Crippen molar-refractivity contribution in [3.05, 3.63) is 62.0 Å². The van der Waals surface area contributed by atoms with E-state index < -0.39 is 5.60 Å². The molecule has 8 heteroatoms. The van der Waals surface area contributed by atoms with Gasteiger partial charge in [-0.3, -0.25) is 0 Å². The van der Waals surface area contributed by atoms with Crippen molar-refractivity contribution in [2.24, 2.45) is 5.92 Å². The fraction of sp³-hybridized carbons (Fsp3) is 0.435. The smallest absolute Gasteiger partial charge is 0.410 e. The molecule has 0 aromatic heterocycles. The van der Waals surface area contributed by atoms with Gasteiger partial charge in [0.05, 0.1) is 0 Å². The minimum atomic E-state index is -0.462. The van der Waals surface area contributed by atoms with Gasteiger partial charge in [-0.25, -0.2) is 4.79 Å². The monoisotopic (exact) mass is 528 g/mol. The number of nitrogens with one attached hydrogen (secondary N) is 1. The summed E-state index contributed by atoms with van der Waals surface area (Å²) in [5.74, 6) is 1.13. The molecule has 0 saturated carbocycles. The fourth-order valence-electron chi connectivity index (χ4n) is 3.20. The normalized spacial score (nSPS) is 14.3. The second-order valence-corrected chi connectivity index (χ2v) is 10.4. The summed E-state index contributed by atoms with van der Waals surface area (Å²) in [6.07, 6.45) is -0.243. The number of hydrogen-bond donors (Lipinski definition) is 1. The lowest BCUT2D eigenvalue weighted by Gasteiger charge is -2.39.